The van der Waals surface area contributed by atoms with Crippen molar-refractivity contribution in [1.29, 1.82) is 0 Å². The quantitative estimate of drug-likeness (QED) is 0.649. The number of nitrogens with one attached hydrogen (secondary N) is 2. The average Bonchev–Trinajstić information content (AvgIpc) is 2.79. The summed E-state index contributed by atoms with van der Waals surface area (Å²) >= 11 is 0. The molecule has 1 aliphatic rings. The number of hydrogen-bond donors (Lipinski definition) is 4. The summed E-state index contributed by atoms with van der Waals surface area (Å²) in [7, 11) is -3.74. The Morgan fingerprint density at radius 1 is 1.40 bits per heavy atom. The highest BCUT2D eigenvalue weighted by Crippen LogP contribution is 2.39. The van der Waals surface area contributed by atoms with Crippen molar-refractivity contribution in [2.75, 3.05) is 12.3 Å². The minimum atomic E-state index is -3.74. The largest absolute Gasteiger partial charge is 0.389 e. The lowest BCUT2D eigenvalue weighted by Crippen LogP contribution is -2.46. The van der Waals surface area contributed by atoms with Gasteiger partial charge in [-0.3, -0.25) is 5.10 Å². The molecule has 0 atom stereocenters. The summed E-state index contributed by atoms with van der Waals surface area (Å²) in [6, 6.07) is 0. The van der Waals surface area contributed by atoms with Gasteiger partial charge in [-0.05, 0) is 31.1 Å². The van der Waals surface area contributed by atoms with Crippen LogP contribution in [0.4, 0.5) is 5.82 Å². The van der Waals surface area contributed by atoms with Crippen LogP contribution >= 0.6 is 0 Å². The Balaban J connectivity index is 2.01. The minimum absolute atomic E-state index is 0.00394. The van der Waals surface area contributed by atoms with E-state index in [1.54, 1.807) is 0 Å². The van der Waals surface area contributed by atoms with Crippen molar-refractivity contribution in [1.82, 2.24) is 14.9 Å². The van der Waals surface area contributed by atoms with Gasteiger partial charge in [-0.2, -0.15) is 5.10 Å². The van der Waals surface area contributed by atoms with E-state index in [-0.39, 0.29) is 22.7 Å². The number of nitrogens with zero attached hydrogens (tertiary/aromatic N) is 1. The van der Waals surface area contributed by atoms with Crippen molar-refractivity contribution in [2.45, 2.75) is 50.0 Å². The van der Waals surface area contributed by atoms with Crippen molar-refractivity contribution < 1.29 is 13.5 Å². The molecule has 0 unspecified atom stereocenters. The standard InChI is InChI=1S/C12H22N4O3S/c1-11(2)3-5-12(17,6-4-11)8-15-20(18,19)9-7-14-16-10(9)13/h7,15,17H,3-6,8H2,1-2H3,(H3,13,14,16). The number of sulfonamides is 1. The summed E-state index contributed by atoms with van der Waals surface area (Å²) in [5.74, 6) is -0.00531. The van der Waals surface area contributed by atoms with Crippen LogP contribution in [0.1, 0.15) is 39.5 Å². The predicted molar refractivity (Wildman–Crippen MR) is 75.4 cm³/mol. The summed E-state index contributed by atoms with van der Waals surface area (Å²) in [6.45, 7) is 4.31. The maximum Gasteiger partial charge on any atom is 0.245 e. The number of rotatable bonds is 4. The molecule has 0 aromatic carbocycles. The smallest absolute Gasteiger partial charge is 0.245 e. The Morgan fingerprint density at radius 2 is 2.00 bits per heavy atom. The van der Waals surface area contributed by atoms with Crippen LogP contribution < -0.4 is 10.5 Å². The molecule has 0 bridgehead atoms. The lowest BCUT2D eigenvalue weighted by molar-refractivity contribution is -0.0205. The molecule has 2 rings (SSSR count). The van der Waals surface area contributed by atoms with E-state index in [2.05, 4.69) is 28.8 Å². The van der Waals surface area contributed by atoms with Crippen LogP contribution in [-0.2, 0) is 10.0 Å². The van der Waals surface area contributed by atoms with Gasteiger partial charge >= 0.3 is 0 Å². The molecule has 0 spiro atoms. The van der Waals surface area contributed by atoms with Gasteiger partial charge in [-0.15, -0.1) is 0 Å². The lowest BCUT2D eigenvalue weighted by atomic mass is 9.71. The third kappa shape index (κ3) is 3.31. The first kappa shape index (κ1) is 15.3. The Morgan fingerprint density at radius 3 is 2.50 bits per heavy atom. The van der Waals surface area contributed by atoms with Gasteiger partial charge in [0.15, 0.2) is 0 Å². The van der Waals surface area contributed by atoms with Gasteiger partial charge in [-0.1, -0.05) is 13.8 Å². The van der Waals surface area contributed by atoms with Gasteiger partial charge in [0, 0.05) is 6.54 Å². The van der Waals surface area contributed by atoms with Gasteiger partial charge in [0.2, 0.25) is 10.0 Å². The molecule has 0 radical (unpaired) electrons. The van der Waals surface area contributed by atoms with Crippen LogP contribution in [0.25, 0.3) is 0 Å². The Hall–Kier alpha value is -1.12. The van der Waals surface area contributed by atoms with Gasteiger partial charge in [0.25, 0.3) is 0 Å². The van der Waals surface area contributed by atoms with E-state index in [4.69, 9.17) is 5.73 Å². The number of nitrogen functional groups attached to an aromatic ring is 1. The van der Waals surface area contributed by atoms with Gasteiger partial charge in [0.1, 0.15) is 10.7 Å². The molecule has 1 aromatic rings. The van der Waals surface area contributed by atoms with Crippen LogP contribution in [0.5, 0.6) is 0 Å². The number of anilines is 1. The van der Waals surface area contributed by atoms with Crippen LogP contribution in [-0.4, -0.2) is 35.9 Å². The SMILES string of the molecule is CC1(C)CCC(O)(CNS(=O)(=O)c2cn[nH]c2N)CC1. The van der Waals surface area contributed by atoms with Crippen LogP contribution in [0.3, 0.4) is 0 Å². The minimum Gasteiger partial charge on any atom is -0.389 e. The monoisotopic (exact) mass is 302 g/mol. The molecule has 1 aliphatic carbocycles. The number of hydrogen-bond acceptors (Lipinski definition) is 5. The van der Waals surface area contributed by atoms with E-state index in [1.165, 1.54) is 0 Å². The average molecular weight is 302 g/mol. The molecular weight excluding hydrogens is 280 g/mol. The fourth-order valence-corrected chi connectivity index (χ4v) is 3.52. The topological polar surface area (TPSA) is 121 Å². The number of aromatic amines is 1. The first-order chi connectivity index (χ1) is 9.14. The van der Waals surface area contributed by atoms with Crippen molar-refractivity contribution in [2.24, 2.45) is 5.41 Å². The van der Waals surface area contributed by atoms with Gasteiger partial charge < -0.3 is 10.8 Å². The number of aliphatic hydroxyl groups is 1. The summed E-state index contributed by atoms with van der Waals surface area (Å²) in [5.41, 5.74) is 4.73. The highest BCUT2D eigenvalue weighted by atomic mass is 32.2. The summed E-state index contributed by atoms with van der Waals surface area (Å²) in [6.07, 6.45) is 4.08. The fraction of sp³-hybridized carbons (Fsp3) is 0.750. The summed E-state index contributed by atoms with van der Waals surface area (Å²) in [5, 5.41) is 16.4. The van der Waals surface area contributed by atoms with E-state index < -0.39 is 15.6 Å². The summed E-state index contributed by atoms with van der Waals surface area (Å²) < 4.78 is 26.6. The second-order valence-electron chi connectivity index (χ2n) is 6.36. The van der Waals surface area contributed by atoms with Crippen LogP contribution in [0.2, 0.25) is 0 Å². The number of nitrogens with two attached hydrogens (primary N) is 1. The third-order valence-electron chi connectivity index (χ3n) is 4.05. The molecule has 1 saturated carbocycles. The van der Waals surface area contributed by atoms with Gasteiger partial charge in [-0.25, -0.2) is 13.1 Å². The van der Waals surface area contributed by atoms with Crippen molar-refractivity contribution in [3.05, 3.63) is 6.20 Å². The van der Waals surface area contributed by atoms with Crippen LogP contribution in [0, 0.1) is 5.41 Å². The Bertz CT molecular complexity index is 569. The molecule has 0 amide bonds. The first-order valence-corrected chi connectivity index (χ1v) is 8.13. The van der Waals surface area contributed by atoms with Crippen molar-refractivity contribution in [3.8, 4) is 0 Å². The Labute approximate surface area is 119 Å². The molecule has 1 fully saturated rings. The number of aromatic nitrogens is 2. The normalized spacial score (nSPS) is 21.8. The molecule has 0 aliphatic heterocycles. The molecule has 1 heterocycles. The molecular formula is C12H22N4O3S. The predicted octanol–water partition coefficient (Wildman–Crippen LogP) is 0.602. The van der Waals surface area contributed by atoms with Gasteiger partial charge in [0.05, 0.1) is 11.8 Å². The maximum atomic E-state index is 12.1. The Kier molecular flexibility index (Phi) is 3.83. The molecule has 1 aromatic heterocycles. The highest BCUT2D eigenvalue weighted by Gasteiger charge is 2.37. The highest BCUT2D eigenvalue weighted by molar-refractivity contribution is 7.89. The van der Waals surface area contributed by atoms with E-state index in [0.29, 0.717) is 12.8 Å². The van der Waals surface area contributed by atoms with Crippen LogP contribution in [0.15, 0.2) is 11.1 Å². The number of H-pyrrole nitrogens is 1. The second kappa shape index (κ2) is 5.01. The van der Waals surface area contributed by atoms with E-state index >= 15 is 0 Å². The van der Waals surface area contributed by atoms with E-state index in [0.717, 1.165) is 19.0 Å². The third-order valence-corrected chi connectivity index (χ3v) is 5.48. The molecule has 114 valence electrons. The molecule has 7 nitrogen and oxygen atoms in total. The molecule has 8 heteroatoms. The van der Waals surface area contributed by atoms with E-state index in [1.807, 2.05) is 0 Å². The zero-order valence-corrected chi connectivity index (χ0v) is 12.6. The first-order valence-electron chi connectivity index (χ1n) is 6.65. The second-order valence-corrected chi connectivity index (χ2v) is 8.10. The fourth-order valence-electron chi connectivity index (χ4n) is 2.38. The zero-order chi connectivity index (χ0) is 15.0. The van der Waals surface area contributed by atoms with E-state index in [9.17, 15) is 13.5 Å². The molecule has 5 N–H and O–H groups in total. The zero-order valence-electron chi connectivity index (χ0n) is 11.8. The molecule has 0 saturated heterocycles. The maximum absolute atomic E-state index is 12.1. The van der Waals surface area contributed by atoms with Crippen molar-refractivity contribution in [3.63, 3.8) is 0 Å². The lowest BCUT2D eigenvalue weighted by Gasteiger charge is -2.40. The van der Waals surface area contributed by atoms with Crippen molar-refractivity contribution >= 4 is 15.8 Å². The summed E-state index contributed by atoms with van der Waals surface area (Å²) in [4.78, 5) is -0.0859. The molecule has 20 heavy (non-hydrogen) atoms.